The zero-order valence-corrected chi connectivity index (χ0v) is 7.40. The molecule has 0 amide bonds. The maximum atomic E-state index is 7.88. The third-order valence-corrected chi connectivity index (χ3v) is 1.16. The van der Waals surface area contributed by atoms with Gasteiger partial charge in [0, 0.05) is 19.3 Å². The lowest BCUT2D eigenvalue weighted by molar-refractivity contribution is 0.295. The van der Waals surface area contributed by atoms with E-state index in [1.165, 1.54) is 0 Å². The maximum Gasteiger partial charge on any atom is 0.0539 e. The molecule has 1 aromatic rings. The molecule has 0 saturated carbocycles. The average molecular weight is 200 g/mol. The van der Waals surface area contributed by atoms with Crippen LogP contribution in [0.2, 0.25) is 0 Å². The van der Waals surface area contributed by atoms with E-state index in [9.17, 15) is 0 Å². The first-order valence-corrected chi connectivity index (χ1v) is 4.06. The Hall–Kier alpha value is -0.930. The summed E-state index contributed by atoms with van der Waals surface area (Å²) in [4.78, 5) is 3.97. The van der Waals surface area contributed by atoms with Gasteiger partial charge in [-0.05, 0) is 18.6 Å². The predicted octanol–water partition coefficient (Wildman–Crippen LogP) is 2.20. The lowest BCUT2D eigenvalue weighted by Gasteiger charge is -1.89. The molecule has 3 heteroatoms. The highest BCUT2D eigenvalue weighted by Gasteiger charge is 1.81. The van der Waals surface area contributed by atoms with E-state index in [0.717, 1.165) is 12.1 Å². The highest BCUT2D eigenvalue weighted by molar-refractivity contribution is 5.02. The Labute approximate surface area is 88.0 Å². The van der Waals surface area contributed by atoms with Crippen molar-refractivity contribution in [2.75, 3.05) is 6.61 Å². The van der Waals surface area contributed by atoms with E-state index < -0.39 is 0 Å². The Morgan fingerprint density at radius 2 is 1.93 bits per heavy atom. The molecular formula is C11H24N2O. The van der Waals surface area contributed by atoms with Crippen molar-refractivity contribution < 1.29 is 5.11 Å². The number of rotatable bonds is 2. The van der Waals surface area contributed by atoms with Crippen molar-refractivity contribution in [2.24, 2.45) is 5.73 Å². The summed E-state index contributed by atoms with van der Waals surface area (Å²) < 4.78 is 0. The molecule has 0 bridgehead atoms. The summed E-state index contributed by atoms with van der Waals surface area (Å²) in [7, 11) is 0. The van der Waals surface area contributed by atoms with Crippen LogP contribution in [0.15, 0.2) is 24.4 Å². The van der Waals surface area contributed by atoms with Crippen LogP contribution in [0.25, 0.3) is 0 Å². The van der Waals surface area contributed by atoms with Gasteiger partial charge in [-0.2, -0.15) is 0 Å². The van der Waals surface area contributed by atoms with Crippen molar-refractivity contribution in [2.45, 2.75) is 34.7 Å². The third-order valence-electron chi connectivity index (χ3n) is 1.16. The van der Waals surface area contributed by atoms with Crippen molar-refractivity contribution in [3.8, 4) is 0 Å². The van der Waals surface area contributed by atoms with Crippen LogP contribution >= 0.6 is 0 Å². The summed E-state index contributed by atoms with van der Waals surface area (Å²) in [6.07, 6.45) is 2.61. The topological polar surface area (TPSA) is 59.1 Å². The smallest absolute Gasteiger partial charge is 0.0539 e. The van der Waals surface area contributed by atoms with E-state index in [1.54, 1.807) is 6.20 Å². The quantitative estimate of drug-likeness (QED) is 0.769. The fourth-order valence-corrected chi connectivity index (χ4v) is 0.519. The molecule has 14 heavy (non-hydrogen) atoms. The van der Waals surface area contributed by atoms with Crippen molar-refractivity contribution in [1.82, 2.24) is 4.98 Å². The van der Waals surface area contributed by atoms with Crippen LogP contribution in [0.1, 0.15) is 33.9 Å². The summed E-state index contributed by atoms with van der Waals surface area (Å²) in [6.45, 7) is 2.78. The van der Waals surface area contributed by atoms with E-state index in [-0.39, 0.29) is 14.9 Å². The van der Waals surface area contributed by atoms with Gasteiger partial charge in [-0.25, -0.2) is 0 Å². The van der Waals surface area contributed by atoms with Crippen LogP contribution in [0.3, 0.4) is 0 Å². The maximum absolute atomic E-state index is 7.88. The highest BCUT2D eigenvalue weighted by Crippen LogP contribution is 1.88. The highest BCUT2D eigenvalue weighted by atomic mass is 16.2. The fraction of sp³-hybridized carbons (Fsp3) is 0.545. The van der Waals surface area contributed by atoms with Gasteiger partial charge >= 0.3 is 0 Å². The Kier molecular flexibility index (Phi) is 19.6. The second-order valence-electron chi connectivity index (χ2n) is 2.25. The Bertz CT molecular complexity index is 176. The van der Waals surface area contributed by atoms with Gasteiger partial charge in [0.2, 0.25) is 0 Å². The minimum atomic E-state index is 0. The number of aliphatic hydroxyl groups excluding tert-OH is 1. The van der Waals surface area contributed by atoms with Gasteiger partial charge in [0.15, 0.2) is 0 Å². The molecule has 0 unspecified atom stereocenters. The zero-order valence-electron chi connectivity index (χ0n) is 7.40. The number of aromatic nitrogens is 1. The number of hydrogen-bond donors (Lipinski definition) is 2. The predicted molar refractivity (Wildman–Crippen MR) is 63.0 cm³/mol. The van der Waals surface area contributed by atoms with Crippen LogP contribution in [-0.2, 0) is 6.54 Å². The molecule has 0 radical (unpaired) electrons. The van der Waals surface area contributed by atoms with E-state index in [2.05, 4.69) is 4.98 Å². The second kappa shape index (κ2) is 14.6. The minimum absolute atomic E-state index is 0. The lowest BCUT2D eigenvalue weighted by Crippen LogP contribution is -1.97. The molecule has 0 atom stereocenters. The molecule has 0 saturated heterocycles. The fourth-order valence-electron chi connectivity index (χ4n) is 0.519. The number of nitrogens with zero attached hydrogens (tertiary/aromatic N) is 1. The molecule has 3 nitrogen and oxygen atoms in total. The van der Waals surface area contributed by atoms with Crippen LogP contribution in [0, 0.1) is 0 Å². The zero-order chi connectivity index (χ0) is 9.23. The van der Waals surface area contributed by atoms with Gasteiger partial charge in [-0.1, -0.05) is 27.8 Å². The Morgan fingerprint density at radius 3 is 2.14 bits per heavy atom. The largest absolute Gasteiger partial charge is 0.396 e. The average Bonchev–Trinajstić information content (AvgIpc) is 2.19. The number of hydrogen-bond acceptors (Lipinski definition) is 3. The Morgan fingerprint density at radius 1 is 1.36 bits per heavy atom. The second-order valence-corrected chi connectivity index (χ2v) is 2.25. The number of pyridine rings is 1. The van der Waals surface area contributed by atoms with Crippen molar-refractivity contribution in [1.29, 1.82) is 0 Å². The molecule has 0 aliphatic rings. The molecule has 0 aliphatic carbocycles. The van der Waals surface area contributed by atoms with Crippen LogP contribution < -0.4 is 5.73 Å². The Balaban J connectivity index is -0.000000180. The molecule has 0 aromatic carbocycles. The van der Waals surface area contributed by atoms with E-state index in [0.29, 0.717) is 13.2 Å². The van der Waals surface area contributed by atoms with Gasteiger partial charge < -0.3 is 10.8 Å². The van der Waals surface area contributed by atoms with Crippen LogP contribution in [0.5, 0.6) is 0 Å². The van der Waals surface area contributed by atoms with E-state index >= 15 is 0 Å². The number of aliphatic hydroxyl groups is 1. The lowest BCUT2D eigenvalue weighted by atomic mass is 10.4. The molecule has 1 heterocycles. The summed E-state index contributed by atoms with van der Waals surface area (Å²) in [5.74, 6) is 0. The van der Waals surface area contributed by atoms with Gasteiger partial charge in [-0.15, -0.1) is 0 Å². The summed E-state index contributed by atoms with van der Waals surface area (Å²) in [5, 5.41) is 7.88. The van der Waals surface area contributed by atoms with Gasteiger partial charge in [0.25, 0.3) is 0 Å². The normalized spacial score (nSPS) is 7.36. The summed E-state index contributed by atoms with van der Waals surface area (Å²) in [5.41, 5.74) is 6.22. The molecule has 0 fully saturated rings. The molecule has 84 valence electrons. The standard InChI is InChI=1S/C6H8N2.C3H8O.2CH4/c7-5-6-3-1-2-4-8-6;1-2-3-4;;/h1-4H,5,7H2;4H,2-3H2,1H3;2*1H4. The van der Waals surface area contributed by atoms with Crippen LogP contribution in [-0.4, -0.2) is 16.7 Å². The summed E-state index contributed by atoms with van der Waals surface area (Å²) in [6, 6.07) is 5.70. The molecule has 1 rings (SSSR count). The molecule has 0 aliphatic heterocycles. The first-order valence-electron chi connectivity index (χ1n) is 4.06. The van der Waals surface area contributed by atoms with Crippen molar-refractivity contribution in [3.63, 3.8) is 0 Å². The number of nitrogens with two attached hydrogens (primary N) is 1. The van der Waals surface area contributed by atoms with Gasteiger partial charge in [0.1, 0.15) is 0 Å². The van der Waals surface area contributed by atoms with Gasteiger partial charge in [-0.3, -0.25) is 4.98 Å². The van der Waals surface area contributed by atoms with E-state index in [1.807, 2.05) is 25.1 Å². The van der Waals surface area contributed by atoms with E-state index in [4.69, 9.17) is 10.8 Å². The molecule has 1 aromatic heterocycles. The monoisotopic (exact) mass is 200 g/mol. The van der Waals surface area contributed by atoms with Crippen LogP contribution in [0.4, 0.5) is 0 Å². The minimum Gasteiger partial charge on any atom is -0.396 e. The van der Waals surface area contributed by atoms with Crippen molar-refractivity contribution >= 4 is 0 Å². The first kappa shape index (κ1) is 18.8. The first-order chi connectivity index (χ1) is 5.85. The van der Waals surface area contributed by atoms with Crippen molar-refractivity contribution in [3.05, 3.63) is 30.1 Å². The SMILES string of the molecule is C.C.CCCO.NCc1ccccn1. The van der Waals surface area contributed by atoms with Gasteiger partial charge in [0.05, 0.1) is 5.69 Å². The summed E-state index contributed by atoms with van der Waals surface area (Å²) >= 11 is 0. The molecule has 3 N–H and O–H groups in total. The third kappa shape index (κ3) is 11.1. The molecule has 0 spiro atoms. The molecular weight excluding hydrogens is 176 g/mol.